The maximum Gasteiger partial charge on any atom is 0.215 e. The number of fused-ring (bicyclic) bond motifs is 1. The van der Waals surface area contributed by atoms with Crippen molar-refractivity contribution in [3.63, 3.8) is 0 Å². The van der Waals surface area contributed by atoms with E-state index in [0.29, 0.717) is 17.4 Å². The van der Waals surface area contributed by atoms with Gasteiger partial charge >= 0.3 is 0 Å². The number of halogens is 1. The van der Waals surface area contributed by atoms with Gasteiger partial charge in [-0.05, 0) is 31.7 Å². The van der Waals surface area contributed by atoms with Gasteiger partial charge in [0, 0.05) is 5.56 Å². The standard InChI is InChI=1S/C13H16ClNO3S/c14-11-4-1-3-10-12(5-2-8-18-13(10)11)15-19(16,17)9-6-7-9/h1,3-4,9,12,15H,2,5-8H2/t12-/m1/s1. The molecule has 0 amide bonds. The molecule has 1 aromatic carbocycles. The third-order valence-corrected chi connectivity index (χ3v) is 5.79. The van der Waals surface area contributed by atoms with Crippen molar-refractivity contribution < 1.29 is 13.2 Å². The monoisotopic (exact) mass is 301 g/mol. The van der Waals surface area contributed by atoms with Crippen LogP contribution in [0.5, 0.6) is 5.75 Å². The summed E-state index contributed by atoms with van der Waals surface area (Å²) in [5.41, 5.74) is 0.842. The second kappa shape index (κ2) is 4.96. The Hall–Kier alpha value is -0.780. The van der Waals surface area contributed by atoms with Gasteiger partial charge in [0.05, 0.1) is 22.9 Å². The van der Waals surface area contributed by atoms with Crippen LogP contribution in [0.25, 0.3) is 0 Å². The summed E-state index contributed by atoms with van der Waals surface area (Å²) >= 11 is 6.12. The zero-order chi connectivity index (χ0) is 13.5. The van der Waals surface area contributed by atoms with Gasteiger partial charge in [-0.3, -0.25) is 0 Å². The summed E-state index contributed by atoms with van der Waals surface area (Å²) in [6, 6.07) is 5.24. The van der Waals surface area contributed by atoms with E-state index in [1.165, 1.54) is 0 Å². The van der Waals surface area contributed by atoms with Crippen molar-refractivity contribution in [2.24, 2.45) is 0 Å². The minimum atomic E-state index is -3.21. The Labute approximate surface area is 118 Å². The van der Waals surface area contributed by atoms with Gasteiger partial charge in [-0.1, -0.05) is 23.7 Å². The van der Waals surface area contributed by atoms with E-state index in [2.05, 4.69) is 4.72 Å². The van der Waals surface area contributed by atoms with E-state index in [1.807, 2.05) is 12.1 Å². The van der Waals surface area contributed by atoms with Crippen molar-refractivity contribution in [2.75, 3.05) is 6.61 Å². The van der Waals surface area contributed by atoms with Crippen LogP contribution in [0, 0.1) is 0 Å². The van der Waals surface area contributed by atoms with Crippen LogP contribution >= 0.6 is 11.6 Å². The molecule has 1 N–H and O–H groups in total. The van der Waals surface area contributed by atoms with Gasteiger partial charge in [-0.25, -0.2) is 13.1 Å². The van der Waals surface area contributed by atoms with Crippen molar-refractivity contribution in [3.05, 3.63) is 28.8 Å². The first-order valence-corrected chi connectivity index (χ1v) is 8.43. The fourth-order valence-electron chi connectivity index (χ4n) is 2.36. The fraction of sp³-hybridized carbons (Fsp3) is 0.538. The highest BCUT2D eigenvalue weighted by Gasteiger charge is 2.38. The van der Waals surface area contributed by atoms with Crippen LogP contribution in [-0.4, -0.2) is 20.3 Å². The second-order valence-electron chi connectivity index (χ2n) is 5.06. The van der Waals surface area contributed by atoms with E-state index in [9.17, 15) is 8.42 Å². The fourth-order valence-corrected chi connectivity index (χ4v) is 4.19. The van der Waals surface area contributed by atoms with Gasteiger partial charge in [0.15, 0.2) is 0 Å². The van der Waals surface area contributed by atoms with Crippen LogP contribution in [0.3, 0.4) is 0 Å². The third-order valence-electron chi connectivity index (χ3n) is 3.53. The number of benzene rings is 1. The zero-order valence-corrected chi connectivity index (χ0v) is 12.0. The van der Waals surface area contributed by atoms with Crippen LogP contribution in [0.15, 0.2) is 18.2 Å². The van der Waals surface area contributed by atoms with Crippen molar-refractivity contribution in [1.29, 1.82) is 0 Å². The molecule has 0 aromatic heterocycles. The Balaban J connectivity index is 1.92. The Morgan fingerprint density at radius 2 is 2.05 bits per heavy atom. The Morgan fingerprint density at radius 3 is 2.79 bits per heavy atom. The molecule has 0 unspecified atom stereocenters. The van der Waals surface area contributed by atoms with Crippen LogP contribution in [0.1, 0.15) is 37.3 Å². The molecule has 1 heterocycles. The minimum absolute atomic E-state index is 0.209. The van der Waals surface area contributed by atoms with Gasteiger partial charge in [0.25, 0.3) is 0 Å². The van der Waals surface area contributed by atoms with Crippen LogP contribution in [0.4, 0.5) is 0 Å². The van der Waals surface area contributed by atoms with Crippen LogP contribution in [-0.2, 0) is 10.0 Å². The van der Waals surface area contributed by atoms with E-state index >= 15 is 0 Å². The molecule has 3 rings (SSSR count). The molecule has 1 atom stereocenters. The first-order valence-electron chi connectivity index (χ1n) is 6.50. The molecule has 0 bridgehead atoms. The van der Waals surface area contributed by atoms with Crippen molar-refractivity contribution in [2.45, 2.75) is 37.0 Å². The molecule has 1 fully saturated rings. The van der Waals surface area contributed by atoms with E-state index in [4.69, 9.17) is 16.3 Å². The smallest absolute Gasteiger partial charge is 0.215 e. The number of sulfonamides is 1. The molecule has 6 heteroatoms. The summed E-state index contributed by atoms with van der Waals surface area (Å²) in [7, 11) is -3.21. The quantitative estimate of drug-likeness (QED) is 0.934. The lowest BCUT2D eigenvalue weighted by atomic mass is 10.0. The van der Waals surface area contributed by atoms with Crippen molar-refractivity contribution >= 4 is 21.6 Å². The molecule has 0 radical (unpaired) electrons. The molecule has 19 heavy (non-hydrogen) atoms. The summed E-state index contributed by atoms with van der Waals surface area (Å²) in [5.74, 6) is 0.616. The van der Waals surface area contributed by atoms with Gasteiger partial charge in [0.1, 0.15) is 5.75 Å². The lowest BCUT2D eigenvalue weighted by molar-refractivity contribution is 0.316. The molecular weight excluding hydrogens is 286 g/mol. The molecule has 0 saturated heterocycles. The number of nitrogens with one attached hydrogen (secondary N) is 1. The molecule has 1 aliphatic heterocycles. The first kappa shape index (κ1) is 13.2. The number of ether oxygens (including phenoxy) is 1. The van der Waals surface area contributed by atoms with E-state index in [0.717, 1.165) is 31.2 Å². The van der Waals surface area contributed by atoms with Crippen LogP contribution < -0.4 is 9.46 Å². The number of para-hydroxylation sites is 1. The second-order valence-corrected chi connectivity index (χ2v) is 7.46. The normalized spacial score (nSPS) is 23.3. The number of rotatable bonds is 3. The van der Waals surface area contributed by atoms with Gasteiger partial charge in [0.2, 0.25) is 10.0 Å². The third kappa shape index (κ3) is 2.73. The average Bonchev–Trinajstić information content (AvgIpc) is 3.17. The Morgan fingerprint density at radius 1 is 1.26 bits per heavy atom. The summed E-state index contributed by atoms with van der Waals surface area (Å²) in [4.78, 5) is 0. The summed E-state index contributed by atoms with van der Waals surface area (Å²) in [5, 5.41) is 0.328. The largest absolute Gasteiger partial charge is 0.492 e. The Bertz CT molecular complexity index is 584. The van der Waals surface area contributed by atoms with Gasteiger partial charge in [-0.15, -0.1) is 0 Å². The minimum Gasteiger partial charge on any atom is -0.492 e. The highest BCUT2D eigenvalue weighted by atomic mass is 35.5. The predicted octanol–water partition coefficient (Wildman–Crippen LogP) is 2.64. The molecule has 104 valence electrons. The summed E-state index contributed by atoms with van der Waals surface area (Å²) < 4.78 is 32.6. The van der Waals surface area contributed by atoms with E-state index in [-0.39, 0.29) is 11.3 Å². The molecule has 0 spiro atoms. The predicted molar refractivity (Wildman–Crippen MR) is 74.0 cm³/mol. The van der Waals surface area contributed by atoms with Crippen molar-refractivity contribution in [1.82, 2.24) is 4.72 Å². The highest BCUT2D eigenvalue weighted by molar-refractivity contribution is 7.90. The van der Waals surface area contributed by atoms with Gasteiger partial charge in [-0.2, -0.15) is 0 Å². The maximum absolute atomic E-state index is 12.1. The number of hydrogen-bond donors (Lipinski definition) is 1. The highest BCUT2D eigenvalue weighted by Crippen LogP contribution is 2.38. The molecule has 1 saturated carbocycles. The van der Waals surface area contributed by atoms with E-state index in [1.54, 1.807) is 6.07 Å². The maximum atomic E-state index is 12.1. The lowest BCUT2D eigenvalue weighted by Crippen LogP contribution is -2.31. The first-order chi connectivity index (χ1) is 9.08. The SMILES string of the molecule is O=S(=O)(N[C@@H]1CCCOc2c(Cl)cccc21)C1CC1. The molecule has 2 aliphatic rings. The average molecular weight is 302 g/mol. The molecule has 1 aromatic rings. The zero-order valence-electron chi connectivity index (χ0n) is 10.4. The molecule has 4 nitrogen and oxygen atoms in total. The molecular formula is C13H16ClNO3S. The summed E-state index contributed by atoms with van der Waals surface area (Å²) in [6.07, 6.45) is 3.07. The number of hydrogen-bond acceptors (Lipinski definition) is 3. The summed E-state index contributed by atoms with van der Waals surface area (Å²) in [6.45, 7) is 0.568. The topological polar surface area (TPSA) is 55.4 Å². The van der Waals surface area contributed by atoms with Crippen LogP contribution in [0.2, 0.25) is 5.02 Å². The van der Waals surface area contributed by atoms with Crippen molar-refractivity contribution in [3.8, 4) is 5.75 Å². The lowest BCUT2D eigenvalue weighted by Gasteiger charge is -2.18. The van der Waals surface area contributed by atoms with Gasteiger partial charge < -0.3 is 4.74 Å². The Kier molecular flexibility index (Phi) is 3.45. The van der Waals surface area contributed by atoms with E-state index < -0.39 is 10.0 Å². The molecule has 1 aliphatic carbocycles.